The first-order valence-corrected chi connectivity index (χ1v) is 11.4. The van der Waals surface area contributed by atoms with Crippen molar-refractivity contribution in [1.29, 1.82) is 0 Å². The van der Waals surface area contributed by atoms with Crippen LogP contribution in [0.4, 0.5) is 14.7 Å². The Morgan fingerprint density at radius 2 is 2.09 bits per heavy atom. The first kappa shape index (κ1) is 22.4. The van der Waals surface area contributed by atoms with Crippen LogP contribution in [0.1, 0.15) is 32.0 Å². The zero-order chi connectivity index (χ0) is 24.0. The summed E-state index contributed by atoms with van der Waals surface area (Å²) in [4.78, 5) is 15.7. The highest BCUT2D eigenvalue weighted by Gasteiger charge is 2.44. The summed E-state index contributed by atoms with van der Waals surface area (Å²) in [5.41, 5.74) is 2.58. The predicted molar refractivity (Wildman–Crippen MR) is 126 cm³/mol. The first-order valence-electron chi connectivity index (χ1n) is 11.4. The smallest absolute Gasteiger partial charge is 0.256 e. The van der Waals surface area contributed by atoms with Crippen molar-refractivity contribution in [2.75, 3.05) is 11.4 Å². The second kappa shape index (κ2) is 8.43. The SMILES string of the molecule is C=CCN(c1ncc2c(-c3ccc4nc(C)n(CC(F)F)c4n3)ccn2n1)C1CC(O)(CC)C1. The summed E-state index contributed by atoms with van der Waals surface area (Å²) in [6.07, 6.45) is 4.95. The molecule has 1 fully saturated rings. The van der Waals surface area contributed by atoms with E-state index in [1.807, 2.05) is 31.3 Å². The molecular weight excluding hydrogens is 440 g/mol. The third kappa shape index (κ3) is 3.81. The molecule has 5 rings (SSSR count). The molecule has 1 aliphatic rings. The molecule has 0 spiro atoms. The first-order chi connectivity index (χ1) is 16.3. The number of fused-ring (bicyclic) bond motifs is 2. The molecule has 4 heterocycles. The molecule has 4 aromatic heterocycles. The highest BCUT2D eigenvalue weighted by Crippen LogP contribution is 2.39. The van der Waals surface area contributed by atoms with E-state index in [-0.39, 0.29) is 6.04 Å². The normalized spacial score (nSPS) is 20.2. The molecule has 0 unspecified atom stereocenters. The topological polar surface area (TPSA) is 84.4 Å². The van der Waals surface area contributed by atoms with Gasteiger partial charge >= 0.3 is 0 Å². The van der Waals surface area contributed by atoms with E-state index in [1.165, 1.54) is 4.57 Å². The highest BCUT2D eigenvalue weighted by molar-refractivity contribution is 5.82. The fraction of sp³-hybridized carbons (Fsp3) is 0.417. The monoisotopic (exact) mass is 467 g/mol. The molecule has 10 heteroatoms. The molecule has 0 bridgehead atoms. The number of rotatable bonds is 8. The second-order valence-electron chi connectivity index (χ2n) is 8.90. The van der Waals surface area contributed by atoms with E-state index >= 15 is 0 Å². The fourth-order valence-electron chi connectivity index (χ4n) is 4.72. The summed E-state index contributed by atoms with van der Waals surface area (Å²) in [6, 6.07) is 5.66. The number of pyridine rings is 1. The molecule has 0 amide bonds. The number of alkyl halides is 2. The third-order valence-corrected chi connectivity index (χ3v) is 6.70. The van der Waals surface area contributed by atoms with Crippen LogP contribution >= 0.6 is 0 Å². The largest absolute Gasteiger partial charge is 0.390 e. The van der Waals surface area contributed by atoms with Crippen molar-refractivity contribution in [2.24, 2.45) is 0 Å². The summed E-state index contributed by atoms with van der Waals surface area (Å²) < 4.78 is 29.3. The summed E-state index contributed by atoms with van der Waals surface area (Å²) >= 11 is 0. The summed E-state index contributed by atoms with van der Waals surface area (Å²) in [6.45, 7) is 7.67. The minimum absolute atomic E-state index is 0.151. The number of halogens is 2. The maximum atomic E-state index is 13.1. The molecule has 0 aliphatic heterocycles. The third-order valence-electron chi connectivity index (χ3n) is 6.70. The van der Waals surface area contributed by atoms with Crippen LogP contribution in [0.5, 0.6) is 0 Å². The molecule has 0 saturated heterocycles. The molecule has 1 N–H and O–H groups in total. The van der Waals surface area contributed by atoms with Crippen LogP contribution in [0, 0.1) is 6.92 Å². The predicted octanol–water partition coefficient (Wildman–Crippen LogP) is 4.01. The molecule has 8 nitrogen and oxygen atoms in total. The Balaban J connectivity index is 1.49. The van der Waals surface area contributed by atoms with Crippen LogP contribution in [0.2, 0.25) is 0 Å². The summed E-state index contributed by atoms with van der Waals surface area (Å²) in [7, 11) is 0. The van der Waals surface area contributed by atoms with Crippen molar-refractivity contribution in [3.63, 3.8) is 0 Å². The van der Waals surface area contributed by atoms with E-state index in [0.29, 0.717) is 48.0 Å². The Morgan fingerprint density at radius 1 is 1.29 bits per heavy atom. The van der Waals surface area contributed by atoms with Crippen LogP contribution in [0.25, 0.3) is 27.9 Å². The Kier molecular flexibility index (Phi) is 5.55. The molecule has 0 radical (unpaired) electrons. The van der Waals surface area contributed by atoms with Crippen molar-refractivity contribution >= 4 is 22.6 Å². The van der Waals surface area contributed by atoms with E-state index in [0.717, 1.165) is 17.5 Å². The van der Waals surface area contributed by atoms with Gasteiger partial charge in [-0.3, -0.25) is 0 Å². The second-order valence-corrected chi connectivity index (χ2v) is 8.90. The molecule has 1 aliphatic carbocycles. The minimum Gasteiger partial charge on any atom is -0.390 e. The van der Waals surface area contributed by atoms with Crippen LogP contribution in [-0.2, 0) is 6.54 Å². The van der Waals surface area contributed by atoms with Crippen molar-refractivity contribution in [1.82, 2.24) is 29.1 Å². The number of imidazole rings is 1. The van der Waals surface area contributed by atoms with E-state index in [9.17, 15) is 13.9 Å². The van der Waals surface area contributed by atoms with Crippen molar-refractivity contribution in [3.8, 4) is 11.3 Å². The molecule has 0 atom stereocenters. The Labute approximate surface area is 195 Å². The van der Waals surface area contributed by atoms with Gasteiger partial charge in [-0.25, -0.2) is 28.2 Å². The number of aryl methyl sites for hydroxylation is 1. The van der Waals surface area contributed by atoms with Gasteiger partial charge in [0.15, 0.2) is 5.65 Å². The van der Waals surface area contributed by atoms with Crippen LogP contribution < -0.4 is 4.90 Å². The maximum absolute atomic E-state index is 13.1. The van der Waals surface area contributed by atoms with Crippen LogP contribution in [0.3, 0.4) is 0 Å². The lowest BCUT2D eigenvalue weighted by Crippen LogP contribution is -2.55. The van der Waals surface area contributed by atoms with Crippen molar-refractivity contribution in [3.05, 3.63) is 49.1 Å². The van der Waals surface area contributed by atoms with Crippen LogP contribution in [0.15, 0.2) is 43.2 Å². The van der Waals surface area contributed by atoms with Gasteiger partial charge in [-0.05, 0) is 44.4 Å². The lowest BCUT2D eigenvalue weighted by molar-refractivity contribution is -0.0509. The lowest BCUT2D eigenvalue weighted by Gasteiger charge is -2.48. The Hall–Kier alpha value is -3.40. The Morgan fingerprint density at radius 3 is 2.79 bits per heavy atom. The van der Waals surface area contributed by atoms with E-state index in [1.54, 1.807) is 23.7 Å². The fourth-order valence-corrected chi connectivity index (χ4v) is 4.72. The van der Waals surface area contributed by atoms with Gasteiger partial charge in [-0.1, -0.05) is 13.0 Å². The van der Waals surface area contributed by atoms with Gasteiger partial charge in [0.2, 0.25) is 5.95 Å². The number of hydrogen-bond donors (Lipinski definition) is 1. The van der Waals surface area contributed by atoms with Gasteiger partial charge in [0.1, 0.15) is 11.3 Å². The molecule has 34 heavy (non-hydrogen) atoms. The number of anilines is 1. The molecule has 178 valence electrons. The van der Waals surface area contributed by atoms with Crippen molar-refractivity contribution < 1.29 is 13.9 Å². The van der Waals surface area contributed by atoms with Gasteiger partial charge in [0, 0.05) is 24.3 Å². The standard InChI is InChI=1S/C24H27F2N7O/c1-4-9-31(16-11-24(34,5-2)12-16)23-27-13-20-17(8-10-33(20)30-23)18-6-7-19-22(29-18)32(14-21(25)26)15(3)28-19/h4,6-8,10,13,16,21,34H,1,5,9,11-12,14H2,2-3H3. The van der Waals surface area contributed by atoms with Crippen LogP contribution in [-0.4, -0.2) is 58.9 Å². The quantitative estimate of drug-likeness (QED) is 0.394. The molecule has 0 aromatic carbocycles. The summed E-state index contributed by atoms with van der Waals surface area (Å²) in [5.74, 6) is 1.06. The number of hydrogen-bond acceptors (Lipinski definition) is 6. The van der Waals surface area contributed by atoms with Crippen molar-refractivity contribution in [2.45, 2.75) is 57.7 Å². The Bertz CT molecular complexity index is 1360. The summed E-state index contributed by atoms with van der Waals surface area (Å²) in [5, 5.41) is 15.1. The zero-order valence-corrected chi connectivity index (χ0v) is 19.2. The average molecular weight is 468 g/mol. The zero-order valence-electron chi connectivity index (χ0n) is 19.2. The van der Waals surface area contributed by atoms with E-state index in [4.69, 9.17) is 5.10 Å². The highest BCUT2D eigenvalue weighted by atomic mass is 19.3. The number of aromatic nitrogens is 6. The van der Waals surface area contributed by atoms with E-state index < -0.39 is 18.6 Å². The lowest BCUT2D eigenvalue weighted by atomic mass is 9.73. The van der Waals surface area contributed by atoms with E-state index in [2.05, 4.69) is 26.4 Å². The average Bonchev–Trinajstić information content (AvgIpc) is 3.35. The maximum Gasteiger partial charge on any atom is 0.256 e. The number of nitrogens with zero attached hydrogens (tertiary/aromatic N) is 7. The molecule has 1 saturated carbocycles. The van der Waals surface area contributed by atoms with Gasteiger partial charge < -0.3 is 14.6 Å². The molecule has 4 aromatic rings. The van der Waals surface area contributed by atoms with Gasteiger partial charge in [0.05, 0.1) is 29.6 Å². The molecular formula is C24H27F2N7O. The number of aliphatic hydroxyl groups is 1. The van der Waals surface area contributed by atoms with Gasteiger partial charge in [-0.2, -0.15) is 0 Å². The van der Waals surface area contributed by atoms with Gasteiger partial charge in [0.25, 0.3) is 6.43 Å². The minimum atomic E-state index is -2.49. The van der Waals surface area contributed by atoms with Gasteiger partial charge in [-0.15, -0.1) is 11.7 Å².